The number of carbonyl (C=O) groups is 1. The van der Waals surface area contributed by atoms with Crippen LogP contribution >= 0.6 is 0 Å². The molecule has 0 unspecified atom stereocenters. The third-order valence-corrected chi connectivity index (χ3v) is 5.11. The Morgan fingerprint density at radius 1 is 1.25 bits per heavy atom. The molecule has 4 N–H and O–H groups in total. The molecular weight excluding hydrogens is 254 g/mol. The van der Waals surface area contributed by atoms with Gasteiger partial charge in [-0.3, -0.25) is 4.79 Å². The first-order chi connectivity index (χ1) is 9.48. The lowest BCUT2D eigenvalue weighted by molar-refractivity contribution is -0.133. The number of rotatable bonds is 4. The van der Waals surface area contributed by atoms with Crippen molar-refractivity contribution in [3.63, 3.8) is 0 Å². The topological polar surface area (TPSA) is 87.7 Å². The summed E-state index contributed by atoms with van der Waals surface area (Å²) in [6, 6.07) is 0. The lowest BCUT2D eigenvalue weighted by Gasteiger charge is -2.44. The molecule has 0 saturated heterocycles. The molecule has 0 radical (unpaired) electrons. The van der Waals surface area contributed by atoms with Gasteiger partial charge in [-0.25, -0.2) is 0 Å². The van der Waals surface area contributed by atoms with Gasteiger partial charge in [-0.15, -0.1) is 0 Å². The van der Waals surface area contributed by atoms with Crippen LogP contribution in [0.3, 0.4) is 0 Å². The number of nitrogens with zero attached hydrogens (tertiary/aromatic N) is 1. The number of carbonyl (C=O) groups excluding carboxylic acids is 1. The van der Waals surface area contributed by atoms with Gasteiger partial charge < -0.3 is 16.3 Å². The summed E-state index contributed by atoms with van der Waals surface area (Å²) >= 11 is 0. The largest absolute Gasteiger partial charge is 0.409 e. The van der Waals surface area contributed by atoms with Gasteiger partial charge >= 0.3 is 0 Å². The summed E-state index contributed by atoms with van der Waals surface area (Å²) in [5, 5.41) is 15.0. The second kappa shape index (κ2) is 6.02. The van der Waals surface area contributed by atoms with Gasteiger partial charge in [0.1, 0.15) is 5.41 Å². The van der Waals surface area contributed by atoms with Crippen LogP contribution in [0, 0.1) is 23.2 Å². The third kappa shape index (κ3) is 2.91. The SMILES string of the molecule is CC1CCC(CNC(=O)C2(C(N)=NO)CC(C)C2)CC1. The van der Waals surface area contributed by atoms with Crippen molar-refractivity contribution < 1.29 is 10.0 Å². The number of amides is 1. The Morgan fingerprint density at radius 3 is 2.35 bits per heavy atom. The fourth-order valence-corrected chi connectivity index (χ4v) is 3.68. The summed E-state index contributed by atoms with van der Waals surface area (Å²) < 4.78 is 0. The molecule has 114 valence electrons. The molecule has 0 heterocycles. The molecule has 2 aliphatic carbocycles. The summed E-state index contributed by atoms with van der Waals surface area (Å²) in [7, 11) is 0. The number of hydrogen-bond acceptors (Lipinski definition) is 3. The fraction of sp³-hybridized carbons (Fsp3) is 0.867. The first kappa shape index (κ1) is 15.1. The minimum Gasteiger partial charge on any atom is -0.409 e. The average molecular weight is 281 g/mol. The van der Waals surface area contributed by atoms with Crippen LogP contribution in [0.5, 0.6) is 0 Å². The van der Waals surface area contributed by atoms with Crippen molar-refractivity contribution in [2.75, 3.05) is 6.54 Å². The maximum atomic E-state index is 12.4. The van der Waals surface area contributed by atoms with Gasteiger partial charge in [-0.05, 0) is 43.4 Å². The zero-order chi connectivity index (χ0) is 14.8. The van der Waals surface area contributed by atoms with Crippen molar-refractivity contribution in [2.45, 2.75) is 52.4 Å². The fourth-order valence-electron chi connectivity index (χ4n) is 3.68. The first-order valence-electron chi connectivity index (χ1n) is 7.74. The normalized spacial score (nSPS) is 38.1. The average Bonchev–Trinajstić information content (AvgIpc) is 2.41. The zero-order valence-electron chi connectivity index (χ0n) is 12.6. The van der Waals surface area contributed by atoms with Crippen LogP contribution in [0.4, 0.5) is 0 Å². The van der Waals surface area contributed by atoms with E-state index in [0.29, 0.717) is 24.7 Å². The molecule has 2 rings (SSSR count). The van der Waals surface area contributed by atoms with Gasteiger partial charge in [0.15, 0.2) is 5.84 Å². The van der Waals surface area contributed by atoms with E-state index in [1.54, 1.807) is 0 Å². The summed E-state index contributed by atoms with van der Waals surface area (Å²) in [6.07, 6.45) is 6.24. The predicted octanol–water partition coefficient (Wildman–Crippen LogP) is 2.09. The van der Waals surface area contributed by atoms with Gasteiger partial charge in [0.25, 0.3) is 0 Å². The molecule has 0 aromatic rings. The van der Waals surface area contributed by atoms with Crippen molar-refractivity contribution >= 4 is 11.7 Å². The second-order valence-corrected chi connectivity index (χ2v) is 6.92. The Hall–Kier alpha value is -1.26. The Bertz CT molecular complexity index is 381. The van der Waals surface area contributed by atoms with Crippen molar-refractivity contribution in [3.8, 4) is 0 Å². The second-order valence-electron chi connectivity index (χ2n) is 6.92. The van der Waals surface area contributed by atoms with Crippen molar-refractivity contribution in [3.05, 3.63) is 0 Å². The van der Waals surface area contributed by atoms with Crippen LogP contribution in [-0.2, 0) is 4.79 Å². The van der Waals surface area contributed by atoms with E-state index in [4.69, 9.17) is 10.9 Å². The molecule has 5 heteroatoms. The van der Waals surface area contributed by atoms with Crippen LogP contribution < -0.4 is 11.1 Å². The molecule has 0 spiro atoms. The van der Waals surface area contributed by atoms with Crippen molar-refractivity contribution in [2.24, 2.45) is 34.1 Å². The maximum absolute atomic E-state index is 12.4. The van der Waals surface area contributed by atoms with Gasteiger partial charge in [0.2, 0.25) is 5.91 Å². The molecular formula is C15H27N3O2. The predicted molar refractivity (Wildman–Crippen MR) is 78.4 cm³/mol. The quantitative estimate of drug-likeness (QED) is 0.319. The molecule has 0 aromatic heterocycles. The van der Waals surface area contributed by atoms with Crippen LogP contribution in [0.2, 0.25) is 0 Å². The van der Waals surface area contributed by atoms with E-state index in [-0.39, 0.29) is 11.7 Å². The standard InChI is InChI=1S/C15H27N3O2/c1-10-3-5-12(6-4-10)9-17-14(19)15(13(16)18-20)7-11(2)8-15/h10-12,20H,3-9H2,1-2H3,(H2,16,18)(H,17,19). The lowest BCUT2D eigenvalue weighted by Crippen LogP contribution is -2.57. The van der Waals surface area contributed by atoms with Crippen LogP contribution in [0.15, 0.2) is 5.16 Å². The minimum atomic E-state index is -0.768. The Labute approximate surface area is 121 Å². The highest BCUT2D eigenvalue weighted by Crippen LogP contribution is 2.46. The van der Waals surface area contributed by atoms with Gasteiger partial charge in [-0.2, -0.15) is 0 Å². The highest BCUT2D eigenvalue weighted by atomic mass is 16.4. The van der Waals surface area contributed by atoms with E-state index < -0.39 is 5.41 Å². The Morgan fingerprint density at radius 2 is 1.85 bits per heavy atom. The van der Waals surface area contributed by atoms with Crippen LogP contribution in [-0.4, -0.2) is 23.5 Å². The van der Waals surface area contributed by atoms with E-state index in [0.717, 1.165) is 12.5 Å². The van der Waals surface area contributed by atoms with Gasteiger partial charge in [-0.1, -0.05) is 31.8 Å². The third-order valence-electron chi connectivity index (χ3n) is 5.11. The smallest absolute Gasteiger partial charge is 0.233 e. The van der Waals surface area contributed by atoms with Crippen LogP contribution in [0.25, 0.3) is 0 Å². The zero-order valence-corrected chi connectivity index (χ0v) is 12.6. The molecule has 20 heavy (non-hydrogen) atoms. The van der Waals surface area contributed by atoms with Gasteiger partial charge in [0.05, 0.1) is 0 Å². The molecule has 5 nitrogen and oxygen atoms in total. The van der Waals surface area contributed by atoms with E-state index >= 15 is 0 Å². The van der Waals surface area contributed by atoms with Crippen molar-refractivity contribution in [1.29, 1.82) is 0 Å². The number of nitrogens with two attached hydrogens (primary N) is 1. The molecule has 2 fully saturated rings. The first-order valence-corrected chi connectivity index (χ1v) is 7.74. The minimum absolute atomic E-state index is 0.0605. The lowest BCUT2D eigenvalue weighted by atomic mass is 9.61. The highest BCUT2D eigenvalue weighted by Gasteiger charge is 2.52. The summed E-state index contributed by atoms with van der Waals surface area (Å²) in [4.78, 5) is 12.4. The van der Waals surface area contributed by atoms with E-state index in [9.17, 15) is 4.79 Å². The van der Waals surface area contributed by atoms with E-state index in [1.165, 1.54) is 25.7 Å². The summed E-state index contributed by atoms with van der Waals surface area (Å²) in [5.41, 5.74) is 4.97. The van der Waals surface area contributed by atoms with E-state index in [1.807, 2.05) is 0 Å². The summed E-state index contributed by atoms with van der Waals surface area (Å²) in [6.45, 7) is 5.09. The van der Waals surface area contributed by atoms with Crippen LogP contribution in [0.1, 0.15) is 52.4 Å². The Balaban J connectivity index is 1.87. The molecule has 1 amide bonds. The molecule has 0 bridgehead atoms. The van der Waals surface area contributed by atoms with Crippen molar-refractivity contribution in [1.82, 2.24) is 5.32 Å². The Kier molecular flexibility index (Phi) is 4.55. The van der Waals surface area contributed by atoms with E-state index in [2.05, 4.69) is 24.3 Å². The van der Waals surface area contributed by atoms with Gasteiger partial charge in [0, 0.05) is 6.54 Å². The summed E-state index contributed by atoms with van der Waals surface area (Å²) in [5.74, 6) is 1.85. The molecule has 0 atom stereocenters. The number of oxime groups is 1. The molecule has 0 aromatic carbocycles. The monoisotopic (exact) mass is 281 g/mol. The number of nitrogens with one attached hydrogen (secondary N) is 1. The number of hydrogen-bond donors (Lipinski definition) is 3. The molecule has 2 aliphatic rings. The maximum Gasteiger partial charge on any atom is 0.233 e. The molecule has 2 saturated carbocycles. The highest BCUT2D eigenvalue weighted by molar-refractivity contribution is 6.07. The molecule has 0 aliphatic heterocycles. The number of amidine groups is 1.